The zero-order chi connectivity index (χ0) is 15.1. The summed E-state index contributed by atoms with van der Waals surface area (Å²) >= 11 is 9.30. The molecule has 3 aromatic rings. The highest BCUT2D eigenvalue weighted by Crippen LogP contribution is 2.33. The molecule has 0 amide bonds. The SMILES string of the molecule is OCc1c(Cl)ccn2c(-c3cccc(F)c3F)nc(Br)c12. The highest BCUT2D eigenvalue weighted by Gasteiger charge is 2.19. The standard InChI is InChI=1S/C14H8BrClF2N2O/c15-13-12-8(6-21)9(16)4-5-20(12)14(19-13)7-2-1-3-10(17)11(7)18/h1-5,21H,6H2. The lowest BCUT2D eigenvalue weighted by Crippen LogP contribution is -1.97. The van der Waals surface area contributed by atoms with E-state index in [2.05, 4.69) is 20.9 Å². The average molecular weight is 374 g/mol. The minimum atomic E-state index is -0.975. The van der Waals surface area contributed by atoms with Crippen molar-refractivity contribution in [1.29, 1.82) is 0 Å². The fraction of sp³-hybridized carbons (Fsp3) is 0.0714. The minimum Gasteiger partial charge on any atom is -0.392 e. The van der Waals surface area contributed by atoms with Crippen molar-refractivity contribution < 1.29 is 13.9 Å². The Hall–Kier alpha value is -1.50. The monoisotopic (exact) mass is 372 g/mol. The van der Waals surface area contributed by atoms with Gasteiger partial charge in [0.2, 0.25) is 0 Å². The van der Waals surface area contributed by atoms with Gasteiger partial charge in [-0.15, -0.1) is 0 Å². The summed E-state index contributed by atoms with van der Waals surface area (Å²) in [6.45, 7) is -0.293. The molecule has 0 spiro atoms. The van der Waals surface area contributed by atoms with Gasteiger partial charge in [-0.25, -0.2) is 13.8 Å². The number of aliphatic hydroxyl groups is 1. The molecule has 2 heterocycles. The Balaban J connectivity index is 2.38. The number of benzene rings is 1. The van der Waals surface area contributed by atoms with Crippen LogP contribution in [0.15, 0.2) is 35.1 Å². The van der Waals surface area contributed by atoms with E-state index in [4.69, 9.17) is 11.6 Å². The molecule has 7 heteroatoms. The Morgan fingerprint density at radius 2 is 2.05 bits per heavy atom. The number of halogens is 4. The number of hydrogen-bond donors (Lipinski definition) is 1. The number of aromatic nitrogens is 2. The number of aliphatic hydroxyl groups excluding tert-OH is 1. The second-order valence-corrected chi connectivity index (χ2v) is 5.50. The van der Waals surface area contributed by atoms with Crippen LogP contribution in [0.5, 0.6) is 0 Å². The average Bonchev–Trinajstić information content (AvgIpc) is 2.79. The molecule has 0 saturated heterocycles. The van der Waals surface area contributed by atoms with Gasteiger partial charge in [-0.05, 0) is 34.1 Å². The third-order valence-corrected chi connectivity index (χ3v) is 4.07. The van der Waals surface area contributed by atoms with Crippen molar-refractivity contribution in [1.82, 2.24) is 9.38 Å². The lowest BCUT2D eigenvalue weighted by atomic mass is 10.2. The van der Waals surface area contributed by atoms with Gasteiger partial charge in [0.15, 0.2) is 11.6 Å². The predicted octanol–water partition coefficient (Wildman–Crippen LogP) is 4.19. The molecule has 21 heavy (non-hydrogen) atoms. The van der Waals surface area contributed by atoms with Crippen LogP contribution in [-0.2, 0) is 6.61 Å². The largest absolute Gasteiger partial charge is 0.392 e. The molecule has 3 rings (SSSR count). The summed E-state index contributed by atoms with van der Waals surface area (Å²) in [5.74, 6) is -1.70. The van der Waals surface area contributed by atoms with Crippen molar-refractivity contribution in [3.8, 4) is 11.4 Å². The molecule has 0 saturated carbocycles. The quantitative estimate of drug-likeness (QED) is 0.731. The Morgan fingerprint density at radius 1 is 1.29 bits per heavy atom. The second-order valence-electron chi connectivity index (χ2n) is 4.35. The maximum atomic E-state index is 14.0. The van der Waals surface area contributed by atoms with Gasteiger partial charge in [-0.2, -0.15) is 0 Å². The first-order chi connectivity index (χ1) is 10.0. The highest BCUT2D eigenvalue weighted by molar-refractivity contribution is 9.10. The lowest BCUT2D eigenvalue weighted by Gasteiger charge is -2.07. The third-order valence-electron chi connectivity index (χ3n) is 3.16. The molecule has 1 aromatic carbocycles. The number of nitrogens with zero attached hydrogens (tertiary/aromatic N) is 2. The minimum absolute atomic E-state index is 0.0295. The number of fused-ring (bicyclic) bond motifs is 1. The van der Waals surface area contributed by atoms with Gasteiger partial charge >= 0.3 is 0 Å². The molecule has 0 aliphatic carbocycles. The fourth-order valence-electron chi connectivity index (χ4n) is 2.19. The third kappa shape index (κ3) is 2.23. The van der Waals surface area contributed by atoms with Gasteiger partial charge in [0.1, 0.15) is 10.4 Å². The summed E-state index contributed by atoms with van der Waals surface area (Å²) in [6, 6.07) is 5.45. The summed E-state index contributed by atoms with van der Waals surface area (Å²) in [7, 11) is 0. The highest BCUT2D eigenvalue weighted by atomic mass is 79.9. The van der Waals surface area contributed by atoms with Crippen molar-refractivity contribution >= 4 is 33.0 Å². The molecule has 0 aliphatic heterocycles. The molecule has 0 unspecified atom stereocenters. The van der Waals surface area contributed by atoms with E-state index in [9.17, 15) is 13.9 Å². The normalized spacial score (nSPS) is 11.3. The molecular formula is C14H8BrClF2N2O. The van der Waals surface area contributed by atoms with E-state index < -0.39 is 11.6 Å². The number of pyridine rings is 1. The first-order valence-corrected chi connectivity index (χ1v) is 7.12. The van der Waals surface area contributed by atoms with E-state index in [1.807, 2.05) is 0 Å². The first kappa shape index (κ1) is 14.4. The van der Waals surface area contributed by atoms with Crippen molar-refractivity contribution in [2.24, 2.45) is 0 Å². The zero-order valence-electron chi connectivity index (χ0n) is 10.4. The topological polar surface area (TPSA) is 37.5 Å². The van der Waals surface area contributed by atoms with E-state index in [1.165, 1.54) is 12.1 Å². The maximum absolute atomic E-state index is 14.0. The van der Waals surface area contributed by atoms with Crippen LogP contribution in [0, 0.1) is 11.6 Å². The molecule has 0 fully saturated rings. The van der Waals surface area contributed by atoms with E-state index in [0.29, 0.717) is 20.7 Å². The number of imidazole rings is 1. The van der Waals surface area contributed by atoms with E-state index in [1.54, 1.807) is 16.7 Å². The Bertz CT molecular complexity index is 851. The maximum Gasteiger partial charge on any atom is 0.169 e. The van der Waals surface area contributed by atoms with Crippen LogP contribution in [-0.4, -0.2) is 14.5 Å². The van der Waals surface area contributed by atoms with Crippen LogP contribution in [0.4, 0.5) is 8.78 Å². The Morgan fingerprint density at radius 3 is 2.76 bits per heavy atom. The van der Waals surface area contributed by atoms with Crippen molar-refractivity contribution in [2.45, 2.75) is 6.61 Å². The van der Waals surface area contributed by atoms with Gasteiger partial charge in [0.05, 0.1) is 17.7 Å². The van der Waals surface area contributed by atoms with Gasteiger partial charge < -0.3 is 5.11 Å². The molecule has 0 aliphatic rings. The lowest BCUT2D eigenvalue weighted by molar-refractivity contribution is 0.283. The molecule has 1 N–H and O–H groups in total. The number of hydrogen-bond acceptors (Lipinski definition) is 2. The summed E-state index contributed by atoms with van der Waals surface area (Å²) in [4.78, 5) is 4.21. The van der Waals surface area contributed by atoms with Crippen LogP contribution in [0.3, 0.4) is 0 Å². The summed E-state index contributed by atoms with van der Waals surface area (Å²) in [5, 5.41) is 9.81. The van der Waals surface area contributed by atoms with Gasteiger partial charge in [0.25, 0.3) is 0 Å². The Kier molecular flexibility index (Phi) is 3.69. The predicted molar refractivity (Wildman–Crippen MR) is 79.2 cm³/mol. The number of rotatable bonds is 2. The van der Waals surface area contributed by atoms with Gasteiger partial charge in [-0.1, -0.05) is 17.7 Å². The van der Waals surface area contributed by atoms with Gasteiger partial charge in [-0.3, -0.25) is 4.40 Å². The molecule has 3 nitrogen and oxygen atoms in total. The van der Waals surface area contributed by atoms with Crippen LogP contribution < -0.4 is 0 Å². The second kappa shape index (κ2) is 5.36. The Labute approximate surface area is 131 Å². The van der Waals surface area contributed by atoms with E-state index in [0.717, 1.165) is 6.07 Å². The molecule has 108 valence electrons. The molecule has 0 atom stereocenters. The van der Waals surface area contributed by atoms with Crippen molar-refractivity contribution in [2.75, 3.05) is 0 Å². The zero-order valence-corrected chi connectivity index (χ0v) is 12.8. The van der Waals surface area contributed by atoms with Crippen molar-refractivity contribution in [3.63, 3.8) is 0 Å². The summed E-state index contributed by atoms with van der Waals surface area (Å²) in [6.07, 6.45) is 1.59. The summed E-state index contributed by atoms with van der Waals surface area (Å²) < 4.78 is 29.3. The van der Waals surface area contributed by atoms with E-state index >= 15 is 0 Å². The van der Waals surface area contributed by atoms with Crippen LogP contribution >= 0.6 is 27.5 Å². The smallest absolute Gasteiger partial charge is 0.169 e. The van der Waals surface area contributed by atoms with Crippen LogP contribution in [0.25, 0.3) is 16.9 Å². The molecular weight excluding hydrogens is 366 g/mol. The molecule has 0 radical (unpaired) electrons. The fourth-order valence-corrected chi connectivity index (χ4v) is 2.99. The van der Waals surface area contributed by atoms with Crippen LogP contribution in [0.2, 0.25) is 5.02 Å². The van der Waals surface area contributed by atoms with E-state index in [-0.39, 0.29) is 18.0 Å². The van der Waals surface area contributed by atoms with Gasteiger partial charge in [0, 0.05) is 16.8 Å². The first-order valence-electron chi connectivity index (χ1n) is 5.94. The molecule has 0 bridgehead atoms. The van der Waals surface area contributed by atoms with Crippen LogP contribution in [0.1, 0.15) is 5.56 Å². The summed E-state index contributed by atoms with van der Waals surface area (Å²) in [5.41, 5.74) is 1.01. The van der Waals surface area contributed by atoms with Crippen molar-refractivity contribution in [3.05, 3.63) is 57.3 Å². The molecule has 2 aromatic heterocycles.